The van der Waals surface area contributed by atoms with Gasteiger partial charge in [0.05, 0.1) is 0 Å². The molecule has 0 spiro atoms. The van der Waals surface area contributed by atoms with Crippen molar-refractivity contribution in [3.05, 3.63) is 58.1 Å². The lowest BCUT2D eigenvalue weighted by atomic mass is 10.1. The smallest absolute Gasteiger partial charge is 0.130 e. The Labute approximate surface area is 128 Å². The van der Waals surface area contributed by atoms with Gasteiger partial charge in [0.15, 0.2) is 0 Å². The number of ether oxygens (including phenoxy) is 1. The molecular formula is C14H14Cl3NO. The zero-order valence-electron chi connectivity index (χ0n) is 10.3. The van der Waals surface area contributed by atoms with Gasteiger partial charge >= 0.3 is 0 Å². The maximum atomic E-state index is 5.90. The quantitative estimate of drug-likeness (QED) is 0.841. The number of hydrogen-bond donors (Lipinski definition) is 1. The Morgan fingerprint density at radius 3 is 1.95 bits per heavy atom. The fourth-order valence-electron chi connectivity index (χ4n) is 1.56. The topological polar surface area (TPSA) is 35.2 Å². The molecule has 0 bridgehead atoms. The van der Waals surface area contributed by atoms with Gasteiger partial charge in [-0.3, -0.25) is 0 Å². The van der Waals surface area contributed by atoms with Crippen molar-refractivity contribution in [3.63, 3.8) is 0 Å². The van der Waals surface area contributed by atoms with Crippen LogP contribution in [0.4, 0.5) is 0 Å². The van der Waals surface area contributed by atoms with Gasteiger partial charge in [-0.2, -0.15) is 0 Å². The summed E-state index contributed by atoms with van der Waals surface area (Å²) in [5, 5.41) is 1.09. The molecule has 0 aliphatic carbocycles. The average Bonchev–Trinajstić information content (AvgIpc) is 2.28. The Morgan fingerprint density at radius 2 is 1.47 bits per heavy atom. The number of halogens is 3. The Bertz CT molecular complexity index is 521. The maximum absolute atomic E-state index is 5.90. The molecule has 0 saturated carbocycles. The molecule has 0 amide bonds. The van der Waals surface area contributed by atoms with Gasteiger partial charge in [-0.25, -0.2) is 0 Å². The van der Waals surface area contributed by atoms with Crippen LogP contribution in [0.5, 0.6) is 11.5 Å². The van der Waals surface area contributed by atoms with Crippen LogP contribution in [0.2, 0.25) is 10.0 Å². The van der Waals surface area contributed by atoms with Crippen LogP contribution in [0, 0.1) is 0 Å². The van der Waals surface area contributed by atoms with E-state index in [2.05, 4.69) is 0 Å². The summed E-state index contributed by atoms with van der Waals surface area (Å²) in [6.45, 7) is 1.94. The lowest BCUT2D eigenvalue weighted by Gasteiger charge is -2.09. The molecular weight excluding hydrogens is 305 g/mol. The van der Waals surface area contributed by atoms with Crippen LogP contribution in [0.3, 0.4) is 0 Å². The second kappa shape index (κ2) is 7.01. The molecule has 19 heavy (non-hydrogen) atoms. The van der Waals surface area contributed by atoms with Gasteiger partial charge in [0.1, 0.15) is 11.5 Å². The molecule has 5 heteroatoms. The first-order valence-corrected chi connectivity index (χ1v) is 6.29. The largest absolute Gasteiger partial charge is 0.457 e. The highest BCUT2D eigenvalue weighted by Crippen LogP contribution is 2.28. The predicted molar refractivity (Wildman–Crippen MR) is 82.8 cm³/mol. The zero-order chi connectivity index (χ0) is 13.1. The standard InChI is InChI=1S/C14H13Cl2NO.ClH/c1-9(17)10-2-4-13(5-3-10)18-14-7-11(15)6-12(16)8-14;/h2-9H,17H2,1H3;1H. The molecule has 0 aliphatic heterocycles. The molecule has 0 radical (unpaired) electrons. The van der Waals surface area contributed by atoms with Crippen molar-refractivity contribution >= 4 is 35.6 Å². The van der Waals surface area contributed by atoms with E-state index in [9.17, 15) is 0 Å². The Morgan fingerprint density at radius 1 is 0.947 bits per heavy atom. The zero-order valence-corrected chi connectivity index (χ0v) is 12.6. The summed E-state index contributed by atoms with van der Waals surface area (Å²) in [7, 11) is 0. The van der Waals surface area contributed by atoms with Crippen molar-refractivity contribution in [2.75, 3.05) is 0 Å². The third-order valence-corrected chi connectivity index (χ3v) is 2.91. The third-order valence-electron chi connectivity index (χ3n) is 2.48. The number of nitrogens with two attached hydrogens (primary N) is 1. The van der Waals surface area contributed by atoms with E-state index in [4.69, 9.17) is 33.7 Å². The number of rotatable bonds is 3. The van der Waals surface area contributed by atoms with E-state index in [0.717, 1.165) is 11.3 Å². The van der Waals surface area contributed by atoms with Gasteiger partial charge in [-0.05, 0) is 42.8 Å². The fourth-order valence-corrected chi connectivity index (χ4v) is 2.07. The first kappa shape index (κ1) is 16.1. The minimum Gasteiger partial charge on any atom is -0.457 e. The first-order valence-electron chi connectivity index (χ1n) is 5.54. The lowest BCUT2D eigenvalue weighted by Crippen LogP contribution is -2.04. The van der Waals surface area contributed by atoms with Crippen molar-refractivity contribution in [1.82, 2.24) is 0 Å². The van der Waals surface area contributed by atoms with E-state index >= 15 is 0 Å². The van der Waals surface area contributed by atoms with E-state index < -0.39 is 0 Å². The van der Waals surface area contributed by atoms with E-state index in [-0.39, 0.29) is 18.4 Å². The van der Waals surface area contributed by atoms with E-state index in [0.29, 0.717) is 15.8 Å². The molecule has 102 valence electrons. The molecule has 2 aromatic rings. The molecule has 0 aromatic heterocycles. The van der Waals surface area contributed by atoms with Crippen LogP contribution < -0.4 is 10.5 Å². The highest BCUT2D eigenvalue weighted by Gasteiger charge is 2.03. The van der Waals surface area contributed by atoms with Gasteiger partial charge in [-0.1, -0.05) is 35.3 Å². The molecule has 0 fully saturated rings. The molecule has 1 unspecified atom stereocenters. The molecule has 2 N–H and O–H groups in total. The molecule has 1 atom stereocenters. The van der Waals surface area contributed by atoms with Crippen LogP contribution in [0.1, 0.15) is 18.5 Å². The van der Waals surface area contributed by atoms with E-state index in [1.807, 2.05) is 31.2 Å². The van der Waals surface area contributed by atoms with Crippen molar-refractivity contribution < 1.29 is 4.74 Å². The summed E-state index contributed by atoms with van der Waals surface area (Å²) in [5.41, 5.74) is 6.84. The van der Waals surface area contributed by atoms with Crippen LogP contribution in [0.15, 0.2) is 42.5 Å². The molecule has 2 rings (SSSR count). The number of benzene rings is 2. The Hall–Kier alpha value is -0.930. The first-order chi connectivity index (χ1) is 8.54. The van der Waals surface area contributed by atoms with Crippen LogP contribution in [0.25, 0.3) is 0 Å². The van der Waals surface area contributed by atoms with Crippen molar-refractivity contribution in [2.45, 2.75) is 13.0 Å². The Balaban J connectivity index is 0.00000180. The fraction of sp³-hybridized carbons (Fsp3) is 0.143. The van der Waals surface area contributed by atoms with Gasteiger partial charge in [0, 0.05) is 16.1 Å². The summed E-state index contributed by atoms with van der Waals surface area (Å²) >= 11 is 11.8. The average molecular weight is 319 g/mol. The molecule has 0 aliphatic rings. The lowest BCUT2D eigenvalue weighted by molar-refractivity contribution is 0.482. The predicted octanol–water partition coefficient (Wildman–Crippen LogP) is 5.23. The van der Waals surface area contributed by atoms with Gasteiger partial charge in [0.25, 0.3) is 0 Å². The second-order valence-electron chi connectivity index (χ2n) is 4.06. The van der Waals surface area contributed by atoms with Crippen LogP contribution in [-0.4, -0.2) is 0 Å². The Kier molecular flexibility index (Phi) is 5.95. The third kappa shape index (κ3) is 4.59. The summed E-state index contributed by atoms with van der Waals surface area (Å²) < 4.78 is 5.67. The minimum absolute atomic E-state index is 0. The molecule has 2 nitrogen and oxygen atoms in total. The van der Waals surface area contributed by atoms with Gasteiger partial charge in [-0.15, -0.1) is 12.4 Å². The summed E-state index contributed by atoms with van der Waals surface area (Å²) in [5.74, 6) is 1.33. The van der Waals surface area contributed by atoms with Gasteiger partial charge in [0.2, 0.25) is 0 Å². The van der Waals surface area contributed by atoms with E-state index in [1.165, 1.54) is 0 Å². The van der Waals surface area contributed by atoms with Crippen molar-refractivity contribution in [1.29, 1.82) is 0 Å². The SMILES string of the molecule is CC(N)c1ccc(Oc2cc(Cl)cc(Cl)c2)cc1.Cl. The second-order valence-corrected chi connectivity index (χ2v) is 4.94. The van der Waals surface area contributed by atoms with Crippen LogP contribution >= 0.6 is 35.6 Å². The maximum Gasteiger partial charge on any atom is 0.130 e. The highest BCUT2D eigenvalue weighted by atomic mass is 35.5. The number of hydrogen-bond acceptors (Lipinski definition) is 2. The molecule has 0 heterocycles. The monoisotopic (exact) mass is 317 g/mol. The summed E-state index contributed by atoms with van der Waals surface area (Å²) in [6, 6.07) is 12.7. The summed E-state index contributed by atoms with van der Waals surface area (Å²) in [4.78, 5) is 0. The van der Waals surface area contributed by atoms with Crippen molar-refractivity contribution in [3.8, 4) is 11.5 Å². The van der Waals surface area contributed by atoms with E-state index in [1.54, 1.807) is 18.2 Å². The normalized spacial score (nSPS) is 11.6. The van der Waals surface area contributed by atoms with Crippen LogP contribution in [-0.2, 0) is 0 Å². The molecule has 2 aromatic carbocycles. The van der Waals surface area contributed by atoms with Crippen molar-refractivity contribution in [2.24, 2.45) is 5.73 Å². The highest BCUT2D eigenvalue weighted by molar-refractivity contribution is 6.34. The molecule has 0 saturated heterocycles. The van der Waals surface area contributed by atoms with Gasteiger partial charge < -0.3 is 10.5 Å². The minimum atomic E-state index is 0. The summed E-state index contributed by atoms with van der Waals surface area (Å²) in [6.07, 6.45) is 0.